The van der Waals surface area contributed by atoms with E-state index in [2.05, 4.69) is 0 Å². The fraction of sp³-hybridized carbons (Fsp3) is 0.867. The second-order valence-electron chi connectivity index (χ2n) is 6.00. The second-order valence-corrected chi connectivity index (χ2v) is 6.00. The SMILES string of the molecule is C[C@@H](OC1CCCCCC1)C(=O)N1CC[C@@H](C(=O)O)C1. The maximum absolute atomic E-state index is 12.3. The highest BCUT2D eigenvalue weighted by Crippen LogP contribution is 2.23. The smallest absolute Gasteiger partial charge is 0.308 e. The lowest BCUT2D eigenvalue weighted by atomic mass is 10.1. The first-order valence-electron chi connectivity index (χ1n) is 7.75. The molecule has 1 heterocycles. The third kappa shape index (κ3) is 3.95. The zero-order chi connectivity index (χ0) is 14.5. The molecule has 2 fully saturated rings. The minimum atomic E-state index is -0.808. The van der Waals surface area contributed by atoms with Gasteiger partial charge in [-0.3, -0.25) is 9.59 Å². The Morgan fingerprint density at radius 2 is 1.80 bits per heavy atom. The summed E-state index contributed by atoms with van der Waals surface area (Å²) >= 11 is 0. The van der Waals surface area contributed by atoms with Gasteiger partial charge in [-0.1, -0.05) is 25.7 Å². The van der Waals surface area contributed by atoms with E-state index in [0.29, 0.717) is 19.5 Å². The lowest BCUT2D eigenvalue weighted by Crippen LogP contribution is -2.39. The summed E-state index contributed by atoms with van der Waals surface area (Å²) in [6, 6.07) is 0. The third-order valence-electron chi connectivity index (χ3n) is 4.40. The normalized spacial score (nSPS) is 26.2. The Morgan fingerprint density at radius 1 is 1.15 bits per heavy atom. The largest absolute Gasteiger partial charge is 0.481 e. The lowest BCUT2D eigenvalue weighted by molar-refractivity contribution is -0.146. The Bertz CT molecular complexity index is 350. The summed E-state index contributed by atoms with van der Waals surface area (Å²) in [5, 5.41) is 8.97. The number of carbonyl (C=O) groups is 2. The minimum Gasteiger partial charge on any atom is -0.481 e. The van der Waals surface area contributed by atoms with Crippen molar-refractivity contribution in [2.75, 3.05) is 13.1 Å². The van der Waals surface area contributed by atoms with Crippen LogP contribution in [0.25, 0.3) is 0 Å². The van der Waals surface area contributed by atoms with E-state index in [1.807, 2.05) is 0 Å². The average Bonchev–Trinajstić information content (AvgIpc) is 2.78. The van der Waals surface area contributed by atoms with Crippen LogP contribution in [-0.2, 0) is 14.3 Å². The van der Waals surface area contributed by atoms with Gasteiger partial charge in [-0.2, -0.15) is 0 Å². The van der Waals surface area contributed by atoms with Gasteiger partial charge in [0.2, 0.25) is 0 Å². The van der Waals surface area contributed by atoms with Crippen molar-refractivity contribution in [2.45, 2.75) is 64.1 Å². The van der Waals surface area contributed by atoms with Crippen molar-refractivity contribution in [3.8, 4) is 0 Å². The molecular formula is C15H25NO4. The molecule has 0 spiro atoms. The fourth-order valence-electron chi connectivity index (χ4n) is 3.14. The highest BCUT2D eigenvalue weighted by molar-refractivity contribution is 5.82. The molecule has 0 aromatic rings. The molecule has 1 saturated carbocycles. The molecule has 1 saturated heterocycles. The lowest BCUT2D eigenvalue weighted by Gasteiger charge is -2.24. The summed E-state index contributed by atoms with van der Waals surface area (Å²) < 4.78 is 5.90. The van der Waals surface area contributed by atoms with Crippen LogP contribution in [0.4, 0.5) is 0 Å². The summed E-state index contributed by atoms with van der Waals surface area (Å²) in [5.41, 5.74) is 0. The van der Waals surface area contributed by atoms with Crippen molar-refractivity contribution in [3.05, 3.63) is 0 Å². The van der Waals surface area contributed by atoms with Gasteiger partial charge in [0.25, 0.3) is 5.91 Å². The molecule has 0 aromatic heterocycles. The Morgan fingerprint density at radius 3 is 2.35 bits per heavy atom. The van der Waals surface area contributed by atoms with Crippen molar-refractivity contribution >= 4 is 11.9 Å². The van der Waals surface area contributed by atoms with Crippen LogP contribution >= 0.6 is 0 Å². The van der Waals surface area contributed by atoms with Crippen molar-refractivity contribution in [2.24, 2.45) is 5.92 Å². The van der Waals surface area contributed by atoms with Gasteiger partial charge in [-0.05, 0) is 26.2 Å². The van der Waals surface area contributed by atoms with Gasteiger partial charge in [-0.15, -0.1) is 0 Å². The van der Waals surface area contributed by atoms with Gasteiger partial charge < -0.3 is 14.7 Å². The van der Waals surface area contributed by atoms with Crippen molar-refractivity contribution in [1.29, 1.82) is 0 Å². The average molecular weight is 283 g/mol. The first-order chi connectivity index (χ1) is 9.58. The van der Waals surface area contributed by atoms with E-state index < -0.39 is 18.0 Å². The Balaban J connectivity index is 1.81. The van der Waals surface area contributed by atoms with E-state index in [1.165, 1.54) is 25.7 Å². The molecule has 1 aliphatic carbocycles. The predicted molar refractivity (Wildman–Crippen MR) is 74.4 cm³/mol. The molecule has 1 aliphatic heterocycles. The summed E-state index contributed by atoms with van der Waals surface area (Å²) in [6.07, 6.45) is 7.23. The third-order valence-corrected chi connectivity index (χ3v) is 4.40. The molecule has 0 radical (unpaired) electrons. The van der Waals surface area contributed by atoms with Crippen molar-refractivity contribution in [1.82, 2.24) is 4.90 Å². The number of hydrogen-bond acceptors (Lipinski definition) is 3. The van der Waals surface area contributed by atoms with E-state index in [4.69, 9.17) is 9.84 Å². The number of rotatable bonds is 4. The Labute approximate surface area is 120 Å². The number of aliphatic carboxylic acids is 1. The maximum Gasteiger partial charge on any atom is 0.308 e. The molecule has 1 N–H and O–H groups in total. The highest BCUT2D eigenvalue weighted by Gasteiger charge is 2.33. The maximum atomic E-state index is 12.3. The molecule has 0 bridgehead atoms. The summed E-state index contributed by atoms with van der Waals surface area (Å²) in [6.45, 7) is 2.65. The van der Waals surface area contributed by atoms with Crippen LogP contribution in [0.3, 0.4) is 0 Å². The van der Waals surface area contributed by atoms with Crippen LogP contribution in [0, 0.1) is 5.92 Å². The standard InChI is InChI=1S/C15H25NO4/c1-11(20-13-6-4-2-3-5-7-13)14(17)16-9-8-12(10-16)15(18)19/h11-13H,2-10H2,1H3,(H,18,19)/t11-,12-/m1/s1. The molecule has 0 unspecified atom stereocenters. The molecule has 5 nitrogen and oxygen atoms in total. The molecule has 114 valence electrons. The quantitative estimate of drug-likeness (QED) is 0.802. The number of carbonyl (C=O) groups excluding carboxylic acids is 1. The van der Waals surface area contributed by atoms with E-state index >= 15 is 0 Å². The van der Waals surface area contributed by atoms with Crippen LogP contribution in [0.1, 0.15) is 51.9 Å². The van der Waals surface area contributed by atoms with Crippen molar-refractivity contribution in [3.63, 3.8) is 0 Å². The van der Waals surface area contributed by atoms with Crippen LogP contribution in [0.5, 0.6) is 0 Å². The molecule has 2 rings (SSSR count). The van der Waals surface area contributed by atoms with Crippen LogP contribution in [0.15, 0.2) is 0 Å². The Hall–Kier alpha value is -1.10. The van der Waals surface area contributed by atoms with Crippen LogP contribution in [-0.4, -0.2) is 47.2 Å². The fourth-order valence-corrected chi connectivity index (χ4v) is 3.14. The summed E-state index contributed by atoms with van der Waals surface area (Å²) in [5.74, 6) is -1.28. The van der Waals surface area contributed by atoms with E-state index in [1.54, 1.807) is 11.8 Å². The van der Waals surface area contributed by atoms with Crippen LogP contribution < -0.4 is 0 Å². The number of carboxylic acid groups (broad SMARTS) is 1. The molecule has 2 atom stereocenters. The number of amides is 1. The van der Waals surface area contributed by atoms with Crippen LogP contribution in [0.2, 0.25) is 0 Å². The van der Waals surface area contributed by atoms with Gasteiger partial charge in [0.1, 0.15) is 6.10 Å². The number of hydrogen-bond donors (Lipinski definition) is 1. The molecule has 2 aliphatic rings. The van der Waals surface area contributed by atoms with Gasteiger partial charge in [-0.25, -0.2) is 0 Å². The second kappa shape index (κ2) is 7.07. The van der Waals surface area contributed by atoms with Gasteiger partial charge in [0.15, 0.2) is 0 Å². The predicted octanol–water partition coefficient (Wildman–Crippen LogP) is 2.05. The van der Waals surface area contributed by atoms with Crippen molar-refractivity contribution < 1.29 is 19.4 Å². The number of carboxylic acids is 1. The number of ether oxygens (including phenoxy) is 1. The molecule has 20 heavy (non-hydrogen) atoms. The van der Waals surface area contributed by atoms with E-state index in [-0.39, 0.29) is 12.0 Å². The highest BCUT2D eigenvalue weighted by atomic mass is 16.5. The topological polar surface area (TPSA) is 66.8 Å². The minimum absolute atomic E-state index is 0.0574. The zero-order valence-corrected chi connectivity index (χ0v) is 12.2. The Kier molecular flexibility index (Phi) is 5.40. The number of nitrogens with zero attached hydrogens (tertiary/aromatic N) is 1. The van der Waals surface area contributed by atoms with E-state index in [0.717, 1.165) is 12.8 Å². The first kappa shape index (κ1) is 15.3. The molecule has 0 aromatic carbocycles. The van der Waals surface area contributed by atoms with Gasteiger partial charge in [0, 0.05) is 13.1 Å². The monoisotopic (exact) mass is 283 g/mol. The first-order valence-corrected chi connectivity index (χ1v) is 7.75. The number of likely N-dealkylation sites (tertiary alicyclic amines) is 1. The summed E-state index contributed by atoms with van der Waals surface area (Å²) in [4.78, 5) is 24.8. The van der Waals surface area contributed by atoms with E-state index in [9.17, 15) is 9.59 Å². The summed E-state index contributed by atoms with van der Waals surface area (Å²) in [7, 11) is 0. The molecule has 5 heteroatoms. The molecule has 1 amide bonds. The molecular weight excluding hydrogens is 258 g/mol. The zero-order valence-electron chi connectivity index (χ0n) is 12.2. The van der Waals surface area contributed by atoms with Gasteiger partial charge >= 0.3 is 5.97 Å². The van der Waals surface area contributed by atoms with Gasteiger partial charge in [0.05, 0.1) is 12.0 Å².